The third-order valence-corrected chi connectivity index (χ3v) is 4.70. The molecule has 2 atom stereocenters. The highest BCUT2D eigenvalue weighted by molar-refractivity contribution is 7.09. The van der Waals surface area contributed by atoms with E-state index in [-0.39, 0.29) is 17.7 Å². The molecule has 1 aliphatic rings. The quantitative estimate of drug-likeness (QED) is 0.917. The molecule has 1 aromatic heterocycles. The van der Waals surface area contributed by atoms with Crippen LogP contribution in [0.15, 0.2) is 29.6 Å². The van der Waals surface area contributed by atoms with Gasteiger partial charge in [0.2, 0.25) is 5.91 Å². The maximum Gasteiger partial charge on any atom is 0.416 e. The standard InChI is InChI=1S/C16H15F3N2OS/c1-9-21-12(8-23-9)7-20-15(22)14-6-13(14)10-3-2-4-11(5-10)16(17,18)19/h2-5,8,13-14H,6-7H2,1H3,(H,20,22). The summed E-state index contributed by atoms with van der Waals surface area (Å²) in [6, 6.07) is 5.23. The Bertz CT molecular complexity index is 726. The highest BCUT2D eigenvalue weighted by atomic mass is 32.1. The van der Waals surface area contributed by atoms with Crippen LogP contribution in [0.5, 0.6) is 0 Å². The number of hydrogen-bond acceptors (Lipinski definition) is 3. The summed E-state index contributed by atoms with van der Waals surface area (Å²) in [5.74, 6) is -0.509. The third-order valence-electron chi connectivity index (χ3n) is 3.88. The minimum absolute atomic E-state index is 0.127. The number of halogens is 3. The van der Waals surface area contributed by atoms with Crippen molar-refractivity contribution in [2.45, 2.75) is 32.0 Å². The van der Waals surface area contributed by atoms with Crippen LogP contribution in [-0.4, -0.2) is 10.9 Å². The van der Waals surface area contributed by atoms with Gasteiger partial charge in [0.25, 0.3) is 0 Å². The Balaban J connectivity index is 1.59. The Hall–Kier alpha value is -1.89. The average molecular weight is 340 g/mol. The molecule has 0 aliphatic heterocycles. The van der Waals surface area contributed by atoms with E-state index in [2.05, 4.69) is 10.3 Å². The van der Waals surface area contributed by atoms with Crippen LogP contribution in [0.2, 0.25) is 0 Å². The van der Waals surface area contributed by atoms with Crippen LogP contribution in [0.1, 0.15) is 34.2 Å². The number of carbonyl (C=O) groups excluding carboxylic acids is 1. The largest absolute Gasteiger partial charge is 0.416 e. The van der Waals surface area contributed by atoms with E-state index in [1.54, 1.807) is 6.07 Å². The van der Waals surface area contributed by atoms with Crippen LogP contribution in [0, 0.1) is 12.8 Å². The summed E-state index contributed by atoms with van der Waals surface area (Å²) < 4.78 is 38.2. The molecule has 0 spiro atoms. The van der Waals surface area contributed by atoms with E-state index in [0.29, 0.717) is 18.5 Å². The van der Waals surface area contributed by atoms with Gasteiger partial charge in [0.1, 0.15) is 0 Å². The molecule has 1 aliphatic carbocycles. The summed E-state index contributed by atoms with van der Waals surface area (Å²) in [6.07, 6.45) is -3.77. The Morgan fingerprint density at radius 3 is 2.87 bits per heavy atom. The topological polar surface area (TPSA) is 42.0 Å². The van der Waals surface area contributed by atoms with E-state index in [9.17, 15) is 18.0 Å². The van der Waals surface area contributed by atoms with E-state index in [0.717, 1.165) is 22.8 Å². The summed E-state index contributed by atoms with van der Waals surface area (Å²) in [7, 11) is 0. The number of nitrogens with one attached hydrogen (secondary N) is 1. The molecule has 0 saturated heterocycles. The van der Waals surface area contributed by atoms with E-state index in [1.807, 2.05) is 12.3 Å². The van der Waals surface area contributed by atoms with Crippen molar-refractivity contribution in [3.8, 4) is 0 Å². The molecule has 0 bridgehead atoms. The zero-order valence-corrected chi connectivity index (χ0v) is 13.2. The number of thiazole rings is 1. The first-order valence-corrected chi connectivity index (χ1v) is 8.08. The lowest BCUT2D eigenvalue weighted by atomic mass is 10.1. The van der Waals surface area contributed by atoms with Crippen molar-refractivity contribution in [1.82, 2.24) is 10.3 Å². The monoisotopic (exact) mass is 340 g/mol. The fourth-order valence-corrected chi connectivity index (χ4v) is 3.21. The SMILES string of the molecule is Cc1nc(CNC(=O)C2CC2c2cccc(C(F)(F)F)c2)cs1. The van der Waals surface area contributed by atoms with Gasteiger partial charge in [-0.15, -0.1) is 11.3 Å². The lowest BCUT2D eigenvalue weighted by Crippen LogP contribution is -2.25. The minimum atomic E-state index is -4.36. The number of benzene rings is 1. The van der Waals surface area contributed by atoms with E-state index < -0.39 is 11.7 Å². The fourth-order valence-electron chi connectivity index (χ4n) is 2.60. The average Bonchev–Trinajstić information content (AvgIpc) is 3.20. The first kappa shape index (κ1) is 16.0. The van der Waals surface area contributed by atoms with E-state index in [1.165, 1.54) is 17.4 Å². The molecule has 1 saturated carbocycles. The summed E-state index contributed by atoms with van der Waals surface area (Å²) in [4.78, 5) is 16.4. The normalized spacial score (nSPS) is 20.3. The fraction of sp³-hybridized carbons (Fsp3) is 0.375. The number of alkyl halides is 3. The lowest BCUT2D eigenvalue weighted by molar-refractivity contribution is -0.137. The Morgan fingerprint density at radius 2 is 2.22 bits per heavy atom. The van der Waals surface area contributed by atoms with Crippen LogP contribution < -0.4 is 5.32 Å². The van der Waals surface area contributed by atoms with Crippen molar-refractivity contribution in [2.75, 3.05) is 0 Å². The molecular formula is C16H15F3N2OS. The molecule has 1 fully saturated rings. The van der Waals surface area contributed by atoms with Crippen LogP contribution in [0.25, 0.3) is 0 Å². The van der Waals surface area contributed by atoms with Gasteiger partial charge in [0, 0.05) is 11.3 Å². The molecule has 2 aromatic rings. The van der Waals surface area contributed by atoms with Gasteiger partial charge in [-0.2, -0.15) is 13.2 Å². The molecule has 2 unspecified atom stereocenters. The van der Waals surface area contributed by atoms with Gasteiger partial charge in [-0.05, 0) is 30.9 Å². The molecule has 0 radical (unpaired) electrons. The Kier molecular flexibility index (Phi) is 4.14. The van der Waals surface area contributed by atoms with E-state index >= 15 is 0 Å². The highest BCUT2D eigenvalue weighted by Crippen LogP contribution is 2.48. The number of hydrogen-bond donors (Lipinski definition) is 1. The molecule has 23 heavy (non-hydrogen) atoms. The maximum atomic E-state index is 12.7. The number of aromatic nitrogens is 1. The minimum Gasteiger partial charge on any atom is -0.350 e. The zero-order valence-electron chi connectivity index (χ0n) is 12.4. The molecule has 1 amide bonds. The molecule has 122 valence electrons. The lowest BCUT2D eigenvalue weighted by Gasteiger charge is -2.08. The second-order valence-corrected chi connectivity index (χ2v) is 6.71. The van der Waals surface area contributed by atoms with Crippen molar-refractivity contribution in [2.24, 2.45) is 5.92 Å². The van der Waals surface area contributed by atoms with Gasteiger partial charge in [-0.3, -0.25) is 4.79 Å². The first-order valence-electron chi connectivity index (χ1n) is 7.20. The van der Waals surface area contributed by atoms with Gasteiger partial charge in [-0.1, -0.05) is 18.2 Å². The first-order chi connectivity index (χ1) is 10.8. The van der Waals surface area contributed by atoms with Gasteiger partial charge < -0.3 is 5.32 Å². The van der Waals surface area contributed by atoms with Crippen molar-refractivity contribution < 1.29 is 18.0 Å². The zero-order chi connectivity index (χ0) is 16.6. The molecule has 1 heterocycles. The predicted octanol–water partition coefficient (Wildman–Crippen LogP) is 3.89. The Morgan fingerprint density at radius 1 is 1.43 bits per heavy atom. The predicted molar refractivity (Wildman–Crippen MR) is 81.0 cm³/mol. The van der Waals surface area contributed by atoms with Gasteiger partial charge in [-0.25, -0.2) is 4.98 Å². The number of carbonyl (C=O) groups is 1. The highest BCUT2D eigenvalue weighted by Gasteiger charge is 2.44. The van der Waals surface area contributed by atoms with Crippen LogP contribution in [-0.2, 0) is 17.5 Å². The molecular weight excluding hydrogens is 325 g/mol. The number of nitrogens with zero attached hydrogens (tertiary/aromatic N) is 1. The Labute approximate surface area is 135 Å². The molecule has 1 N–H and O–H groups in total. The van der Waals surface area contributed by atoms with Gasteiger partial charge >= 0.3 is 6.18 Å². The molecule has 3 nitrogen and oxygen atoms in total. The second-order valence-electron chi connectivity index (χ2n) is 5.65. The number of rotatable bonds is 4. The van der Waals surface area contributed by atoms with Crippen molar-refractivity contribution >= 4 is 17.2 Å². The maximum absolute atomic E-state index is 12.7. The van der Waals surface area contributed by atoms with Crippen LogP contribution >= 0.6 is 11.3 Å². The van der Waals surface area contributed by atoms with Gasteiger partial charge in [0.15, 0.2) is 0 Å². The molecule has 7 heteroatoms. The summed E-state index contributed by atoms with van der Waals surface area (Å²) in [5, 5.41) is 5.62. The van der Waals surface area contributed by atoms with Crippen LogP contribution in [0.4, 0.5) is 13.2 Å². The van der Waals surface area contributed by atoms with Crippen LogP contribution in [0.3, 0.4) is 0 Å². The van der Waals surface area contributed by atoms with Crippen molar-refractivity contribution in [3.05, 3.63) is 51.5 Å². The number of aryl methyl sites for hydroxylation is 1. The van der Waals surface area contributed by atoms with Crippen molar-refractivity contribution in [1.29, 1.82) is 0 Å². The smallest absolute Gasteiger partial charge is 0.350 e. The van der Waals surface area contributed by atoms with Crippen molar-refractivity contribution in [3.63, 3.8) is 0 Å². The number of amides is 1. The summed E-state index contributed by atoms with van der Waals surface area (Å²) >= 11 is 1.51. The van der Waals surface area contributed by atoms with E-state index in [4.69, 9.17) is 0 Å². The third kappa shape index (κ3) is 3.72. The molecule has 3 rings (SSSR count). The summed E-state index contributed by atoms with van der Waals surface area (Å²) in [6.45, 7) is 2.25. The van der Waals surface area contributed by atoms with Gasteiger partial charge in [0.05, 0.1) is 22.8 Å². The second kappa shape index (κ2) is 5.96. The summed E-state index contributed by atoms with van der Waals surface area (Å²) in [5.41, 5.74) is 0.709. The molecule has 1 aromatic carbocycles.